The summed E-state index contributed by atoms with van der Waals surface area (Å²) in [6.45, 7) is 7.87. The second kappa shape index (κ2) is 7.44. The molecule has 0 aliphatic rings. The van der Waals surface area contributed by atoms with Gasteiger partial charge in [0.1, 0.15) is 5.82 Å². The zero-order chi connectivity index (χ0) is 11.8. The fraction of sp³-hybridized carbons (Fsp3) is 0.769. The number of hydrogen-bond donors (Lipinski definition) is 2. The molecule has 0 aliphatic heterocycles. The first-order valence-corrected chi connectivity index (χ1v) is 6.47. The molecule has 2 atom stereocenters. The van der Waals surface area contributed by atoms with E-state index in [1.165, 1.54) is 19.3 Å². The third-order valence-corrected chi connectivity index (χ3v) is 3.23. The number of nitrogens with zero attached hydrogens (tertiary/aromatic N) is 1. The van der Waals surface area contributed by atoms with Gasteiger partial charge in [-0.05, 0) is 18.8 Å². The lowest BCUT2D eigenvalue weighted by Gasteiger charge is -2.20. The molecule has 0 saturated carbocycles. The summed E-state index contributed by atoms with van der Waals surface area (Å²) in [5.41, 5.74) is 0. The summed E-state index contributed by atoms with van der Waals surface area (Å²) in [6.07, 6.45) is 8.45. The average molecular weight is 223 g/mol. The van der Waals surface area contributed by atoms with E-state index in [2.05, 4.69) is 36.1 Å². The van der Waals surface area contributed by atoms with Crippen molar-refractivity contribution < 1.29 is 0 Å². The van der Waals surface area contributed by atoms with Crippen LogP contribution in [0.4, 0.5) is 0 Å². The van der Waals surface area contributed by atoms with E-state index in [1.54, 1.807) is 0 Å². The molecular weight excluding hydrogens is 198 g/mol. The smallest absolute Gasteiger partial charge is 0.107 e. The number of H-pyrrole nitrogens is 1. The average Bonchev–Trinajstić information content (AvgIpc) is 2.80. The van der Waals surface area contributed by atoms with E-state index in [4.69, 9.17) is 0 Å². The number of hydrogen-bond acceptors (Lipinski definition) is 2. The van der Waals surface area contributed by atoms with E-state index in [-0.39, 0.29) is 0 Å². The third-order valence-electron chi connectivity index (χ3n) is 3.23. The molecule has 2 unspecified atom stereocenters. The van der Waals surface area contributed by atoms with Gasteiger partial charge in [-0.3, -0.25) is 0 Å². The standard InChI is InChI=1S/C13H25N3/c1-4-11(3)10-12(5-2)14-7-6-13-15-8-9-16-13/h8-9,11-12,14H,4-7,10H2,1-3H3,(H,15,16). The highest BCUT2D eigenvalue weighted by atomic mass is 14.9. The molecule has 0 amide bonds. The maximum atomic E-state index is 4.22. The molecular formula is C13H25N3. The van der Waals surface area contributed by atoms with E-state index in [9.17, 15) is 0 Å². The molecule has 1 rings (SSSR count). The van der Waals surface area contributed by atoms with E-state index in [1.807, 2.05) is 12.4 Å². The lowest BCUT2D eigenvalue weighted by molar-refractivity contribution is 0.386. The largest absolute Gasteiger partial charge is 0.349 e. The van der Waals surface area contributed by atoms with Gasteiger partial charge in [-0.25, -0.2) is 4.98 Å². The summed E-state index contributed by atoms with van der Waals surface area (Å²) in [5, 5.41) is 3.61. The molecule has 1 aromatic rings. The predicted octanol–water partition coefficient (Wildman–Crippen LogP) is 2.76. The Bertz CT molecular complexity index is 256. The van der Waals surface area contributed by atoms with Crippen LogP contribution < -0.4 is 5.32 Å². The van der Waals surface area contributed by atoms with Crippen LogP contribution in [-0.4, -0.2) is 22.6 Å². The number of rotatable bonds is 8. The molecule has 3 heteroatoms. The summed E-state index contributed by atoms with van der Waals surface area (Å²) in [7, 11) is 0. The first-order chi connectivity index (χ1) is 7.76. The van der Waals surface area contributed by atoms with Crippen LogP contribution in [0.25, 0.3) is 0 Å². The van der Waals surface area contributed by atoms with Crippen LogP contribution in [0.15, 0.2) is 12.4 Å². The maximum Gasteiger partial charge on any atom is 0.107 e. The Balaban J connectivity index is 2.18. The molecule has 1 aromatic heterocycles. The SMILES string of the molecule is CCC(C)CC(CC)NCCc1ncc[nH]1. The molecule has 0 radical (unpaired) electrons. The first kappa shape index (κ1) is 13.2. The second-order valence-electron chi connectivity index (χ2n) is 4.59. The van der Waals surface area contributed by atoms with Crippen molar-refractivity contribution in [1.29, 1.82) is 0 Å². The molecule has 0 saturated heterocycles. The monoisotopic (exact) mass is 223 g/mol. The molecule has 1 heterocycles. The van der Waals surface area contributed by atoms with Crippen LogP contribution in [0.2, 0.25) is 0 Å². The highest BCUT2D eigenvalue weighted by Gasteiger charge is 2.09. The van der Waals surface area contributed by atoms with Gasteiger partial charge in [0.15, 0.2) is 0 Å². The van der Waals surface area contributed by atoms with Crippen molar-refractivity contribution >= 4 is 0 Å². The quantitative estimate of drug-likeness (QED) is 0.711. The van der Waals surface area contributed by atoms with E-state index in [0.717, 1.165) is 24.7 Å². The Kier molecular flexibility index (Phi) is 6.16. The van der Waals surface area contributed by atoms with Gasteiger partial charge in [0, 0.05) is 31.4 Å². The van der Waals surface area contributed by atoms with E-state index < -0.39 is 0 Å². The Morgan fingerprint density at radius 3 is 2.75 bits per heavy atom. The molecule has 0 aliphatic carbocycles. The summed E-state index contributed by atoms with van der Waals surface area (Å²) in [4.78, 5) is 7.35. The molecule has 0 fully saturated rings. The minimum absolute atomic E-state index is 0.657. The van der Waals surface area contributed by atoms with Crippen molar-refractivity contribution in [2.75, 3.05) is 6.54 Å². The van der Waals surface area contributed by atoms with E-state index in [0.29, 0.717) is 6.04 Å². The van der Waals surface area contributed by atoms with Gasteiger partial charge >= 0.3 is 0 Å². The Morgan fingerprint density at radius 2 is 2.19 bits per heavy atom. The Morgan fingerprint density at radius 1 is 1.38 bits per heavy atom. The lowest BCUT2D eigenvalue weighted by Crippen LogP contribution is -2.32. The molecule has 0 bridgehead atoms. The van der Waals surface area contributed by atoms with Crippen molar-refractivity contribution in [2.24, 2.45) is 5.92 Å². The molecule has 16 heavy (non-hydrogen) atoms. The van der Waals surface area contributed by atoms with Gasteiger partial charge in [-0.15, -0.1) is 0 Å². The van der Waals surface area contributed by atoms with Crippen LogP contribution in [0.5, 0.6) is 0 Å². The van der Waals surface area contributed by atoms with Crippen molar-refractivity contribution in [2.45, 2.75) is 52.5 Å². The summed E-state index contributed by atoms with van der Waals surface area (Å²) >= 11 is 0. The summed E-state index contributed by atoms with van der Waals surface area (Å²) in [6, 6.07) is 0.657. The van der Waals surface area contributed by atoms with Gasteiger partial charge < -0.3 is 10.3 Å². The zero-order valence-electron chi connectivity index (χ0n) is 10.8. The molecule has 2 N–H and O–H groups in total. The van der Waals surface area contributed by atoms with Gasteiger partial charge in [0.2, 0.25) is 0 Å². The second-order valence-corrected chi connectivity index (χ2v) is 4.59. The molecule has 3 nitrogen and oxygen atoms in total. The summed E-state index contributed by atoms with van der Waals surface area (Å²) < 4.78 is 0. The van der Waals surface area contributed by atoms with Crippen LogP contribution in [-0.2, 0) is 6.42 Å². The fourth-order valence-corrected chi connectivity index (χ4v) is 1.88. The number of aromatic nitrogens is 2. The van der Waals surface area contributed by atoms with Crippen molar-refractivity contribution in [3.8, 4) is 0 Å². The third kappa shape index (κ3) is 4.79. The summed E-state index contributed by atoms with van der Waals surface area (Å²) in [5.74, 6) is 1.90. The van der Waals surface area contributed by atoms with Crippen molar-refractivity contribution in [3.63, 3.8) is 0 Å². The minimum Gasteiger partial charge on any atom is -0.349 e. The van der Waals surface area contributed by atoms with Gasteiger partial charge in [-0.1, -0.05) is 27.2 Å². The highest BCUT2D eigenvalue weighted by molar-refractivity contribution is 4.87. The molecule has 92 valence electrons. The maximum absolute atomic E-state index is 4.22. The Hall–Kier alpha value is -0.830. The molecule has 0 spiro atoms. The number of nitrogens with one attached hydrogen (secondary N) is 2. The van der Waals surface area contributed by atoms with Gasteiger partial charge in [0.25, 0.3) is 0 Å². The minimum atomic E-state index is 0.657. The number of aromatic amines is 1. The van der Waals surface area contributed by atoms with Crippen molar-refractivity contribution in [3.05, 3.63) is 18.2 Å². The fourth-order valence-electron chi connectivity index (χ4n) is 1.88. The predicted molar refractivity (Wildman–Crippen MR) is 68.4 cm³/mol. The normalized spacial score (nSPS) is 14.9. The van der Waals surface area contributed by atoms with Gasteiger partial charge in [-0.2, -0.15) is 0 Å². The topological polar surface area (TPSA) is 40.7 Å². The molecule has 0 aromatic carbocycles. The van der Waals surface area contributed by atoms with Crippen LogP contribution in [0.3, 0.4) is 0 Å². The highest BCUT2D eigenvalue weighted by Crippen LogP contribution is 2.11. The number of imidazole rings is 1. The van der Waals surface area contributed by atoms with Crippen LogP contribution >= 0.6 is 0 Å². The van der Waals surface area contributed by atoms with E-state index >= 15 is 0 Å². The Labute approximate surface area is 99.1 Å². The first-order valence-electron chi connectivity index (χ1n) is 6.47. The van der Waals surface area contributed by atoms with Crippen LogP contribution in [0, 0.1) is 5.92 Å². The zero-order valence-corrected chi connectivity index (χ0v) is 10.8. The van der Waals surface area contributed by atoms with Crippen molar-refractivity contribution in [1.82, 2.24) is 15.3 Å². The lowest BCUT2D eigenvalue weighted by atomic mass is 9.98. The van der Waals surface area contributed by atoms with Gasteiger partial charge in [0.05, 0.1) is 0 Å². The van der Waals surface area contributed by atoms with Crippen LogP contribution in [0.1, 0.15) is 45.9 Å².